The van der Waals surface area contributed by atoms with Crippen molar-refractivity contribution < 1.29 is 13.2 Å². The third-order valence-electron chi connectivity index (χ3n) is 1.60. The molecule has 0 radical (unpaired) electrons. The van der Waals surface area contributed by atoms with Crippen LogP contribution in [0.1, 0.15) is 6.92 Å². The number of rotatable bonds is 5. The predicted molar refractivity (Wildman–Crippen MR) is 51.2 cm³/mol. The van der Waals surface area contributed by atoms with Gasteiger partial charge in [-0.3, -0.25) is 4.79 Å². The second-order valence-electron chi connectivity index (χ2n) is 2.93. The first-order valence-electron chi connectivity index (χ1n) is 3.99. The van der Waals surface area contributed by atoms with E-state index in [1.165, 1.54) is 0 Å². The summed E-state index contributed by atoms with van der Waals surface area (Å²) in [5, 5.41) is 5.26. The summed E-state index contributed by atoms with van der Waals surface area (Å²) in [5.74, 6) is -0.207. The molecule has 0 aromatic carbocycles. The Balaban J connectivity index is 3.72. The van der Waals surface area contributed by atoms with E-state index in [1.807, 2.05) is 0 Å². The third-order valence-corrected chi connectivity index (χ3v) is 2.54. The fraction of sp³-hybridized carbons (Fsp3) is 0.857. The molecule has 1 unspecified atom stereocenters. The lowest BCUT2D eigenvalue weighted by atomic mass is 10.3. The van der Waals surface area contributed by atoms with Crippen molar-refractivity contribution in [1.29, 1.82) is 0 Å². The van der Waals surface area contributed by atoms with Crippen molar-refractivity contribution in [3.05, 3.63) is 0 Å². The van der Waals surface area contributed by atoms with Gasteiger partial charge < -0.3 is 10.6 Å². The molecule has 0 saturated heterocycles. The minimum Gasteiger partial charge on any atom is -0.354 e. The van der Waals surface area contributed by atoms with Crippen LogP contribution in [0.5, 0.6) is 0 Å². The van der Waals surface area contributed by atoms with E-state index in [4.69, 9.17) is 0 Å². The maximum Gasteiger partial charge on any atom is 0.236 e. The van der Waals surface area contributed by atoms with E-state index >= 15 is 0 Å². The van der Waals surface area contributed by atoms with E-state index in [0.29, 0.717) is 0 Å². The van der Waals surface area contributed by atoms with Crippen molar-refractivity contribution in [3.63, 3.8) is 0 Å². The fourth-order valence-electron chi connectivity index (χ4n) is 0.644. The summed E-state index contributed by atoms with van der Waals surface area (Å²) in [6.45, 7) is 1.87. The van der Waals surface area contributed by atoms with Crippen molar-refractivity contribution in [2.45, 2.75) is 13.0 Å². The van der Waals surface area contributed by atoms with Crippen LogP contribution in [0.2, 0.25) is 0 Å². The predicted octanol–water partition coefficient (Wildman–Crippen LogP) is -1.24. The zero-order chi connectivity index (χ0) is 10.5. The van der Waals surface area contributed by atoms with Gasteiger partial charge in [-0.1, -0.05) is 0 Å². The lowest BCUT2D eigenvalue weighted by Gasteiger charge is -2.09. The van der Waals surface area contributed by atoms with E-state index in [2.05, 4.69) is 10.6 Å². The quantitative estimate of drug-likeness (QED) is 0.592. The Morgan fingerprint density at radius 2 is 2.00 bits per heavy atom. The largest absolute Gasteiger partial charge is 0.354 e. The van der Waals surface area contributed by atoms with Gasteiger partial charge in [0.05, 0.1) is 11.8 Å². The smallest absolute Gasteiger partial charge is 0.236 e. The number of carbonyl (C=O) groups excluding carboxylic acids is 1. The number of likely N-dealkylation sites (N-methyl/N-ethyl adjacent to an activating group) is 1. The Labute approximate surface area is 78.8 Å². The first-order chi connectivity index (χ1) is 5.87. The number of hydrogen-bond acceptors (Lipinski definition) is 4. The highest BCUT2D eigenvalue weighted by molar-refractivity contribution is 7.90. The highest BCUT2D eigenvalue weighted by Crippen LogP contribution is 1.82. The lowest BCUT2D eigenvalue weighted by Crippen LogP contribution is -2.41. The molecule has 78 valence electrons. The SMILES string of the molecule is CNC(C)C(=O)NCCS(C)(=O)=O. The van der Waals surface area contributed by atoms with Crippen LogP contribution in [-0.4, -0.2) is 46.0 Å². The summed E-state index contributed by atoms with van der Waals surface area (Å²) in [4.78, 5) is 11.1. The summed E-state index contributed by atoms with van der Waals surface area (Å²) in [6, 6.07) is -0.292. The van der Waals surface area contributed by atoms with Gasteiger partial charge in [-0.2, -0.15) is 0 Å². The summed E-state index contributed by atoms with van der Waals surface area (Å²) in [5.41, 5.74) is 0. The molecule has 0 fully saturated rings. The number of carbonyl (C=O) groups is 1. The number of amides is 1. The van der Waals surface area contributed by atoms with Gasteiger partial charge in [0.25, 0.3) is 0 Å². The summed E-state index contributed by atoms with van der Waals surface area (Å²) >= 11 is 0. The third kappa shape index (κ3) is 6.53. The molecule has 6 heteroatoms. The van der Waals surface area contributed by atoms with Crippen LogP contribution < -0.4 is 10.6 Å². The fourth-order valence-corrected chi connectivity index (χ4v) is 1.12. The van der Waals surface area contributed by atoms with Gasteiger partial charge in [-0.15, -0.1) is 0 Å². The molecular formula is C7H16N2O3S. The Bertz CT molecular complexity index is 261. The molecule has 0 aliphatic rings. The molecular weight excluding hydrogens is 192 g/mol. The molecule has 0 bridgehead atoms. The molecule has 5 nitrogen and oxygen atoms in total. The first-order valence-corrected chi connectivity index (χ1v) is 6.05. The average molecular weight is 208 g/mol. The Hall–Kier alpha value is -0.620. The summed E-state index contributed by atoms with van der Waals surface area (Å²) in [6.07, 6.45) is 1.14. The van der Waals surface area contributed by atoms with Gasteiger partial charge in [0.15, 0.2) is 0 Å². The van der Waals surface area contributed by atoms with Crippen LogP contribution in [0.15, 0.2) is 0 Å². The van der Waals surface area contributed by atoms with Crippen molar-refractivity contribution in [2.75, 3.05) is 25.6 Å². The first kappa shape index (κ1) is 12.4. The molecule has 0 heterocycles. The monoisotopic (exact) mass is 208 g/mol. The molecule has 13 heavy (non-hydrogen) atoms. The van der Waals surface area contributed by atoms with E-state index in [-0.39, 0.29) is 24.2 Å². The Morgan fingerprint density at radius 3 is 2.38 bits per heavy atom. The molecule has 1 amide bonds. The molecule has 0 spiro atoms. The summed E-state index contributed by atoms with van der Waals surface area (Å²) < 4.78 is 21.4. The maximum atomic E-state index is 11.1. The van der Waals surface area contributed by atoms with E-state index in [0.717, 1.165) is 6.26 Å². The highest BCUT2D eigenvalue weighted by atomic mass is 32.2. The van der Waals surface area contributed by atoms with Gasteiger partial charge in [0, 0.05) is 12.8 Å². The van der Waals surface area contributed by atoms with Crippen LogP contribution in [0, 0.1) is 0 Å². The van der Waals surface area contributed by atoms with Crippen LogP contribution >= 0.6 is 0 Å². The van der Waals surface area contributed by atoms with E-state index in [9.17, 15) is 13.2 Å². The van der Waals surface area contributed by atoms with Gasteiger partial charge in [0.2, 0.25) is 5.91 Å². The molecule has 1 atom stereocenters. The van der Waals surface area contributed by atoms with Crippen LogP contribution in [0.4, 0.5) is 0 Å². The number of sulfone groups is 1. The number of nitrogens with one attached hydrogen (secondary N) is 2. The second kappa shape index (κ2) is 5.18. The Morgan fingerprint density at radius 1 is 1.46 bits per heavy atom. The van der Waals surface area contributed by atoms with Gasteiger partial charge in [-0.05, 0) is 14.0 Å². The van der Waals surface area contributed by atoms with Gasteiger partial charge in [-0.25, -0.2) is 8.42 Å². The van der Waals surface area contributed by atoms with Crippen molar-refractivity contribution >= 4 is 15.7 Å². The highest BCUT2D eigenvalue weighted by Gasteiger charge is 2.10. The second-order valence-corrected chi connectivity index (χ2v) is 5.19. The minimum absolute atomic E-state index is 0.0187. The minimum atomic E-state index is -2.99. The molecule has 2 N–H and O–H groups in total. The topological polar surface area (TPSA) is 75.3 Å². The molecule has 0 rings (SSSR count). The standard InChI is InChI=1S/C7H16N2O3S/c1-6(8-2)7(10)9-4-5-13(3,11)12/h6,8H,4-5H2,1-3H3,(H,9,10). The molecule has 0 aromatic rings. The zero-order valence-electron chi connectivity index (χ0n) is 8.12. The molecule has 0 aliphatic heterocycles. The average Bonchev–Trinajstić information content (AvgIpc) is 2.00. The van der Waals surface area contributed by atoms with Crippen LogP contribution in [0.25, 0.3) is 0 Å². The molecule has 0 saturated carbocycles. The number of hydrogen-bond donors (Lipinski definition) is 2. The van der Waals surface area contributed by atoms with E-state index < -0.39 is 9.84 Å². The zero-order valence-corrected chi connectivity index (χ0v) is 8.94. The van der Waals surface area contributed by atoms with Crippen LogP contribution in [-0.2, 0) is 14.6 Å². The van der Waals surface area contributed by atoms with E-state index in [1.54, 1.807) is 14.0 Å². The van der Waals surface area contributed by atoms with Crippen molar-refractivity contribution in [3.8, 4) is 0 Å². The van der Waals surface area contributed by atoms with Gasteiger partial charge in [0.1, 0.15) is 9.84 Å². The normalized spacial score (nSPS) is 13.8. The Kier molecular flexibility index (Phi) is 4.94. The molecule has 0 aliphatic carbocycles. The van der Waals surface area contributed by atoms with Crippen LogP contribution in [0.3, 0.4) is 0 Å². The lowest BCUT2D eigenvalue weighted by molar-refractivity contribution is -0.122. The van der Waals surface area contributed by atoms with Crippen molar-refractivity contribution in [2.24, 2.45) is 0 Å². The molecule has 0 aromatic heterocycles. The van der Waals surface area contributed by atoms with Gasteiger partial charge >= 0.3 is 0 Å². The van der Waals surface area contributed by atoms with Crippen molar-refractivity contribution in [1.82, 2.24) is 10.6 Å². The maximum absolute atomic E-state index is 11.1. The summed E-state index contributed by atoms with van der Waals surface area (Å²) in [7, 11) is -1.32.